The number of hydrogen-bond acceptors (Lipinski definition) is 2. The fourth-order valence-electron chi connectivity index (χ4n) is 4.32. The minimum absolute atomic E-state index is 0.0617. The van der Waals surface area contributed by atoms with Gasteiger partial charge in [-0.05, 0) is 12.1 Å². The average Bonchev–Trinajstić information content (AvgIpc) is 2.87. The van der Waals surface area contributed by atoms with Gasteiger partial charge in [-0.25, -0.2) is 23.5 Å². The van der Waals surface area contributed by atoms with Crippen molar-refractivity contribution in [2.24, 2.45) is 11.8 Å². The van der Waals surface area contributed by atoms with Crippen LogP contribution in [0.4, 0.5) is 0 Å². The molecule has 4 aliphatic rings. The molecule has 0 radical (unpaired) electrons. The molecule has 1 fully saturated rings. The van der Waals surface area contributed by atoms with E-state index in [0.717, 1.165) is 0 Å². The van der Waals surface area contributed by atoms with Gasteiger partial charge in [-0.1, -0.05) is 62.2 Å². The maximum absolute atomic E-state index is 12.9. The van der Waals surface area contributed by atoms with Crippen LogP contribution in [0.2, 0.25) is 0 Å². The van der Waals surface area contributed by atoms with Crippen LogP contribution in [0.5, 0.6) is 0 Å². The molecule has 1 aromatic carbocycles. The van der Waals surface area contributed by atoms with Crippen LogP contribution in [0.1, 0.15) is 12.1 Å². The maximum atomic E-state index is 12.9. The molecule has 0 spiro atoms. The minimum Gasteiger partial charge on any atom is -0.245 e. The van der Waals surface area contributed by atoms with Gasteiger partial charge in [-0.3, -0.25) is 0 Å². The number of hydrogen-bond donors (Lipinski definition) is 0. The zero-order valence-electron chi connectivity index (χ0n) is 11.9. The predicted octanol–water partition coefficient (Wildman–Crippen LogP) is 2.24. The molecule has 2 bridgehead atoms. The van der Waals surface area contributed by atoms with Crippen molar-refractivity contribution in [3.05, 3.63) is 63.5 Å². The highest BCUT2D eigenvalue weighted by molar-refractivity contribution is 9.12. The molecule has 118 valence electrons. The van der Waals surface area contributed by atoms with Crippen molar-refractivity contribution in [2.75, 3.05) is 0 Å². The monoisotopic (exact) mass is 437 g/mol. The molecule has 2 aromatic rings. The first-order valence-electron chi connectivity index (χ1n) is 7.59. The molecule has 0 unspecified atom stereocenters. The topological polar surface area (TPSA) is 48.9 Å². The van der Waals surface area contributed by atoms with Crippen LogP contribution in [0, 0.1) is 11.8 Å². The van der Waals surface area contributed by atoms with Crippen molar-refractivity contribution in [2.45, 2.75) is 21.7 Å². The molecule has 1 aromatic heterocycles. The molecule has 2 aliphatic carbocycles. The number of rotatable bonds is 1. The Morgan fingerprint density at radius 1 is 0.783 bits per heavy atom. The molecule has 6 rings (SSSR count). The van der Waals surface area contributed by atoms with Gasteiger partial charge in [0.2, 0.25) is 0 Å². The summed E-state index contributed by atoms with van der Waals surface area (Å²) in [6.45, 7) is 0. The van der Waals surface area contributed by atoms with Gasteiger partial charge in [0, 0.05) is 21.5 Å². The van der Waals surface area contributed by atoms with Gasteiger partial charge in [-0.15, -0.1) is 0 Å². The normalized spacial score (nSPS) is 36.4. The average molecular weight is 439 g/mol. The molecule has 1 saturated carbocycles. The minimum atomic E-state index is -0.253. The van der Waals surface area contributed by atoms with Crippen molar-refractivity contribution < 1.29 is 0 Å². The molecular weight excluding hydrogens is 426 g/mol. The third-order valence-electron chi connectivity index (χ3n) is 5.36. The summed E-state index contributed by atoms with van der Waals surface area (Å²) in [4.78, 5) is 26.5. The lowest BCUT2D eigenvalue weighted by Crippen LogP contribution is -2.63. The molecule has 0 amide bonds. The summed E-state index contributed by atoms with van der Waals surface area (Å²) in [5.74, 6) is 0.691. The first-order valence-corrected chi connectivity index (χ1v) is 9.42. The third-order valence-corrected chi connectivity index (χ3v) is 8.43. The summed E-state index contributed by atoms with van der Waals surface area (Å²) in [7, 11) is 0. The van der Waals surface area contributed by atoms with Crippen LogP contribution in [-0.2, 0) is 0 Å². The first-order chi connectivity index (χ1) is 11.1. The van der Waals surface area contributed by atoms with Crippen molar-refractivity contribution in [1.29, 1.82) is 0 Å². The molecule has 0 N–H and O–H groups in total. The SMILES string of the molecule is O=c1n(-c2ccccc2)c(=O)n2n1[C@H]1C=C[C@H]2[C@@H]2[C@@H](Br)[C@@H](Br)[C@H]21. The van der Waals surface area contributed by atoms with Crippen LogP contribution in [0.15, 0.2) is 52.1 Å². The smallest absolute Gasteiger partial charge is 0.245 e. The summed E-state index contributed by atoms with van der Waals surface area (Å²) >= 11 is 7.45. The summed E-state index contributed by atoms with van der Waals surface area (Å²) in [5, 5.41) is 0. The summed E-state index contributed by atoms with van der Waals surface area (Å²) < 4.78 is 4.58. The lowest BCUT2D eigenvalue weighted by Gasteiger charge is -2.57. The fraction of sp³-hybridized carbons (Fsp3) is 0.375. The molecule has 2 aliphatic heterocycles. The van der Waals surface area contributed by atoms with Gasteiger partial charge in [0.25, 0.3) is 0 Å². The molecule has 6 atom stereocenters. The van der Waals surface area contributed by atoms with Crippen molar-refractivity contribution in [3.8, 4) is 5.69 Å². The van der Waals surface area contributed by atoms with Gasteiger partial charge >= 0.3 is 11.4 Å². The van der Waals surface area contributed by atoms with Crippen LogP contribution in [-0.4, -0.2) is 23.6 Å². The number of alkyl halides is 2. The number of nitrogens with zero attached hydrogens (tertiary/aromatic N) is 3. The summed E-state index contributed by atoms with van der Waals surface area (Å²) in [6, 6.07) is 9.00. The van der Waals surface area contributed by atoms with E-state index in [1.807, 2.05) is 18.2 Å². The summed E-state index contributed by atoms with van der Waals surface area (Å²) in [6.07, 6.45) is 4.16. The van der Waals surface area contributed by atoms with Crippen molar-refractivity contribution in [3.63, 3.8) is 0 Å². The number of benzene rings is 1. The van der Waals surface area contributed by atoms with Crippen molar-refractivity contribution in [1.82, 2.24) is 13.9 Å². The lowest BCUT2D eigenvalue weighted by molar-refractivity contribution is 0.0346. The first kappa shape index (κ1) is 14.0. The highest BCUT2D eigenvalue weighted by Gasteiger charge is 2.60. The summed E-state index contributed by atoms with van der Waals surface area (Å²) in [5.41, 5.74) is 0.114. The highest BCUT2D eigenvalue weighted by Crippen LogP contribution is 2.59. The number of aromatic nitrogens is 3. The Balaban J connectivity index is 1.78. The number of para-hydroxylation sites is 1. The predicted molar refractivity (Wildman–Crippen MR) is 93.9 cm³/mol. The van der Waals surface area contributed by atoms with E-state index in [4.69, 9.17) is 0 Å². The Bertz CT molecular complexity index is 887. The van der Waals surface area contributed by atoms with E-state index in [1.54, 1.807) is 21.5 Å². The van der Waals surface area contributed by atoms with Crippen LogP contribution >= 0.6 is 31.9 Å². The second-order valence-corrected chi connectivity index (χ2v) is 8.45. The van der Waals surface area contributed by atoms with Gasteiger partial charge in [0.05, 0.1) is 17.8 Å². The van der Waals surface area contributed by atoms with Gasteiger partial charge < -0.3 is 0 Å². The van der Waals surface area contributed by atoms with Crippen LogP contribution in [0.25, 0.3) is 5.69 Å². The second-order valence-electron chi connectivity index (χ2n) is 6.33. The van der Waals surface area contributed by atoms with E-state index in [-0.39, 0.29) is 23.5 Å². The largest absolute Gasteiger partial charge is 0.352 e. The Morgan fingerprint density at radius 2 is 1.26 bits per heavy atom. The number of halogens is 2. The van der Waals surface area contributed by atoms with E-state index in [2.05, 4.69) is 44.0 Å². The zero-order valence-corrected chi connectivity index (χ0v) is 15.1. The van der Waals surface area contributed by atoms with E-state index in [1.165, 1.54) is 4.57 Å². The van der Waals surface area contributed by atoms with E-state index in [9.17, 15) is 9.59 Å². The van der Waals surface area contributed by atoms with E-state index in [0.29, 0.717) is 27.2 Å². The lowest BCUT2D eigenvalue weighted by atomic mass is 9.62. The second kappa shape index (κ2) is 4.60. The van der Waals surface area contributed by atoms with Gasteiger partial charge in [-0.2, -0.15) is 0 Å². The van der Waals surface area contributed by atoms with E-state index >= 15 is 0 Å². The standard InChI is InChI=1S/C16H13Br2N3O2/c17-13-11-9-6-7-10(12(11)14(13)18)21-16(23)19(15(22)20(9)21)8-4-2-1-3-5-8/h1-7,9-14H/t9-,10-,11-,12-,13-,14+/m0/s1. The van der Waals surface area contributed by atoms with Crippen molar-refractivity contribution >= 4 is 31.9 Å². The molecule has 5 nitrogen and oxygen atoms in total. The molecule has 7 heteroatoms. The quantitative estimate of drug-likeness (QED) is 0.506. The Morgan fingerprint density at radius 3 is 1.74 bits per heavy atom. The Labute approximate surface area is 148 Å². The van der Waals surface area contributed by atoms with Crippen LogP contribution < -0.4 is 11.4 Å². The van der Waals surface area contributed by atoms with E-state index < -0.39 is 0 Å². The molecular formula is C16H13Br2N3O2. The highest BCUT2D eigenvalue weighted by atomic mass is 79.9. The van der Waals surface area contributed by atoms with Gasteiger partial charge in [0.1, 0.15) is 0 Å². The molecule has 0 saturated heterocycles. The molecule has 23 heavy (non-hydrogen) atoms. The fourth-order valence-corrected chi connectivity index (χ4v) is 6.36. The van der Waals surface area contributed by atoms with Gasteiger partial charge in [0.15, 0.2) is 0 Å². The Hall–Kier alpha value is -1.34. The van der Waals surface area contributed by atoms with Crippen LogP contribution in [0.3, 0.4) is 0 Å². The molecule has 3 heterocycles. The Kier molecular flexibility index (Phi) is 2.81. The number of allylic oxidation sites excluding steroid dienone is 2. The third kappa shape index (κ3) is 1.57. The maximum Gasteiger partial charge on any atom is 0.352 e. The zero-order chi connectivity index (χ0) is 15.9.